The van der Waals surface area contributed by atoms with Gasteiger partial charge in [-0.3, -0.25) is 4.99 Å². The van der Waals surface area contributed by atoms with Crippen LogP contribution in [0.1, 0.15) is 24.4 Å². The van der Waals surface area contributed by atoms with Gasteiger partial charge in [0.1, 0.15) is 11.6 Å². The first kappa shape index (κ1) is 24.0. The van der Waals surface area contributed by atoms with Crippen LogP contribution in [-0.4, -0.2) is 70.3 Å². The van der Waals surface area contributed by atoms with E-state index in [1.807, 2.05) is 11.9 Å². The minimum absolute atomic E-state index is 0. The molecule has 1 unspecified atom stereocenters. The van der Waals surface area contributed by atoms with Crippen LogP contribution < -0.4 is 5.32 Å². The molecule has 1 atom stereocenters. The number of nitrogens with zero attached hydrogens (tertiary/aromatic N) is 3. The van der Waals surface area contributed by atoms with Crippen molar-refractivity contribution >= 4 is 29.9 Å². The minimum atomic E-state index is -0.540. The number of likely N-dealkylation sites (N-methyl/N-ethyl adjacent to an activating group) is 2. The van der Waals surface area contributed by atoms with Crippen molar-refractivity contribution in [2.75, 3.05) is 54.5 Å². The molecule has 0 saturated heterocycles. The van der Waals surface area contributed by atoms with Crippen molar-refractivity contribution in [2.45, 2.75) is 18.9 Å². The van der Waals surface area contributed by atoms with Crippen LogP contribution in [-0.2, 0) is 4.74 Å². The third-order valence-electron chi connectivity index (χ3n) is 4.60. The summed E-state index contributed by atoms with van der Waals surface area (Å²) < 4.78 is 34.0. The number of ether oxygens (including phenoxy) is 1. The topological polar surface area (TPSA) is 40.1 Å². The molecule has 0 radical (unpaired) electrons. The summed E-state index contributed by atoms with van der Waals surface area (Å²) in [6, 6.07) is 3.50. The smallest absolute Gasteiger partial charge is 0.193 e. The minimum Gasteiger partial charge on any atom is -0.379 e. The van der Waals surface area contributed by atoms with Crippen LogP contribution in [0.2, 0.25) is 0 Å². The summed E-state index contributed by atoms with van der Waals surface area (Å²) in [7, 11) is 7.22. The van der Waals surface area contributed by atoms with Gasteiger partial charge < -0.3 is 19.9 Å². The van der Waals surface area contributed by atoms with Crippen LogP contribution in [0, 0.1) is 17.6 Å². The lowest BCUT2D eigenvalue weighted by Gasteiger charge is -2.28. The van der Waals surface area contributed by atoms with Gasteiger partial charge >= 0.3 is 0 Å². The molecule has 0 amide bonds. The number of benzene rings is 1. The first-order chi connectivity index (χ1) is 12.4. The highest BCUT2D eigenvalue weighted by molar-refractivity contribution is 14.0. The highest BCUT2D eigenvalue weighted by Gasteiger charge is 2.23. The molecule has 8 heteroatoms. The molecule has 2 rings (SSSR count). The van der Waals surface area contributed by atoms with Crippen molar-refractivity contribution in [1.82, 2.24) is 15.1 Å². The monoisotopic (exact) mass is 496 g/mol. The quantitative estimate of drug-likeness (QED) is 0.247. The van der Waals surface area contributed by atoms with Crippen molar-refractivity contribution in [3.8, 4) is 0 Å². The summed E-state index contributed by atoms with van der Waals surface area (Å²) >= 11 is 0. The van der Waals surface area contributed by atoms with Crippen molar-refractivity contribution < 1.29 is 13.5 Å². The van der Waals surface area contributed by atoms with Gasteiger partial charge in [-0.25, -0.2) is 8.78 Å². The molecule has 154 valence electrons. The largest absolute Gasteiger partial charge is 0.379 e. The van der Waals surface area contributed by atoms with Gasteiger partial charge in [-0.15, -0.1) is 24.0 Å². The Hall–Kier alpha value is -1.00. The molecule has 0 bridgehead atoms. The first-order valence-corrected chi connectivity index (χ1v) is 9.04. The van der Waals surface area contributed by atoms with E-state index in [4.69, 9.17) is 4.74 Å². The Labute approximate surface area is 178 Å². The molecular formula is C19H31F2IN4O. The molecule has 1 aromatic carbocycles. The van der Waals surface area contributed by atoms with Gasteiger partial charge in [0.15, 0.2) is 5.96 Å². The standard InChI is InChI=1S/C19H30F2N4O.HI/c1-22-19(25(4)10-11-26-13-14-8-9-14)23-12-17(24(2)3)18-15(20)6-5-7-16(18)21;/h5-7,14,17H,8-13H2,1-4H3,(H,22,23);1H. The van der Waals surface area contributed by atoms with E-state index >= 15 is 0 Å². The number of hydrogen-bond donors (Lipinski definition) is 1. The Morgan fingerprint density at radius 3 is 2.41 bits per heavy atom. The molecule has 0 spiro atoms. The number of aliphatic imine (C=N–C) groups is 1. The molecule has 1 N–H and O–H groups in total. The Bertz CT molecular complexity index is 591. The van der Waals surface area contributed by atoms with E-state index in [0.29, 0.717) is 25.7 Å². The highest BCUT2D eigenvalue weighted by atomic mass is 127. The Kier molecular flexibility index (Phi) is 10.5. The van der Waals surface area contributed by atoms with Crippen molar-refractivity contribution in [1.29, 1.82) is 0 Å². The lowest BCUT2D eigenvalue weighted by atomic mass is 10.0. The van der Waals surface area contributed by atoms with Crippen LogP contribution in [0.15, 0.2) is 23.2 Å². The Balaban J connectivity index is 0.00000364. The zero-order chi connectivity index (χ0) is 19.1. The fourth-order valence-corrected chi connectivity index (χ4v) is 2.79. The van der Waals surface area contributed by atoms with Gasteiger partial charge in [-0.05, 0) is 45.0 Å². The number of nitrogens with one attached hydrogen (secondary N) is 1. The van der Waals surface area contributed by atoms with Gasteiger partial charge in [-0.1, -0.05) is 6.07 Å². The van der Waals surface area contributed by atoms with Crippen molar-refractivity contribution in [3.63, 3.8) is 0 Å². The summed E-state index contributed by atoms with van der Waals surface area (Å²) in [5.74, 6) is 0.336. The zero-order valence-electron chi connectivity index (χ0n) is 16.5. The maximum atomic E-state index is 14.1. The second kappa shape index (κ2) is 11.8. The van der Waals surface area contributed by atoms with Crippen LogP contribution in [0.4, 0.5) is 8.78 Å². The molecule has 1 fully saturated rings. The summed E-state index contributed by atoms with van der Waals surface area (Å²) in [6.07, 6.45) is 2.55. The molecule has 5 nitrogen and oxygen atoms in total. The highest BCUT2D eigenvalue weighted by Crippen LogP contribution is 2.28. The second-order valence-electron chi connectivity index (χ2n) is 6.98. The van der Waals surface area contributed by atoms with E-state index in [1.54, 1.807) is 26.0 Å². The molecule has 1 aromatic rings. The van der Waals surface area contributed by atoms with Gasteiger partial charge in [0.25, 0.3) is 0 Å². The van der Waals surface area contributed by atoms with E-state index in [2.05, 4.69) is 10.3 Å². The number of hydrogen-bond acceptors (Lipinski definition) is 3. The predicted molar refractivity (Wildman–Crippen MR) is 116 cm³/mol. The van der Waals surface area contributed by atoms with E-state index in [0.717, 1.165) is 12.5 Å². The molecular weight excluding hydrogens is 465 g/mol. The molecule has 0 heterocycles. The summed E-state index contributed by atoms with van der Waals surface area (Å²) in [5, 5.41) is 3.21. The Morgan fingerprint density at radius 2 is 1.89 bits per heavy atom. The number of rotatable bonds is 9. The van der Waals surface area contributed by atoms with E-state index in [9.17, 15) is 8.78 Å². The lowest BCUT2D eigenvalue weighted by Crippen LogP contribution is -2.44. The van der Waals surface area contributed by atoms with Crippen LogP contribution in [0.3, 0.4) is 0 Å². The molecule has 0 aliphatic heterocycles. The maximum Gasteiger partial charge on any atom is 0.193 e. The second-order valence-corrected chi connectivity index (χ2v) is 6.98. The fraction of sp³-hybridized carbons (Fsp3) is 0.632. The zero-order valence-corrected chi connectivity index (χ0v) is 18.9. The fourth-order valence-electron chi connectivity index (χ4n) is 2.79. The van der Waals surface area contributed by atoms with E-state index in [1.165, 1.54) is 31.0 Å². The van der Waals surface area contributed by atoms with Crippen molar-refractivity contribution in [2.24, 2.45) is 10.9 Å². The van der Waals surface area contributed by atoms with Gasteiger partial charge in [-0.2, -0.15) is 0 Å². The predicted octanol–water partition coefficient (Wildman–Crippen LogP) is 3.12. The third kappa shape index (κ3) is 7.50. The van der Waals surface area contributed by atoms with E-state index < -0.39 is 17.7 Å². The van der Waals surface area contributed by atoms with Gasteiger partial charge in [0.2, 0.25) is 0 Å². The average molecular weight is 496 g/mol. The normalized spacial score (nSPS) is 15.4. The van der Waals surface area contributed by atoms with Crippen LogP contribution in [0.25, 0.3) is 0 Å². The number of guanidine groups is 1. The molecule has 27 heavy (non-hydrogen) atoms. The summed E-state index contributed by atoms with van der Waals surface area (Å²) in [4.78, 5) is 8.00. The average Bonchev–Trinajstić information content (AvgIpc) is 3.41. The van der Waals surface area contributed by atoms with Crippen molar-refractivity contribution in [3.05, 3.63) is 35.4 Å². The maximum absolute atomic E-state index is 14.1. The van der Waals surface area contributed by atoms with Crippen LogP contribution in [0.5, 0.6) is 0 Å². The molecule has 0 aromatic heterocycles. The first-order valence-electron chi connectivity index (χ1n) is 9.04. The Morgan fingerprint density at radius 1 is 1.26 bits per heavy atom. The summed E-state index contributed by atoms with van der Waals surface area (Å²) in [5.41, 5.74) is 0.0656. The lowest BCUT2D eigenvalue weighted by molar-refractivity contribution is 0.115. The third-order valence-corrected chi connectivity index (χ3v) is 4.60. The van der Waals surface area contributed by atoms with Gasteiger partial charge in [0, 0.05) is 39.4 Å². The summed E-state index contributed by atoms with van der Waals surface area (Å²) in [6.45, 7) is 2.50. The van der Waals surface area contributed by atoms with E-state index in [-0.39, 0.29) is 29.5 Å². The number of halogens is 3. The van der Waals surface area contributed by atoms with Gasteiger partial charge in [0.05, 0.1) is 12.6 Å². The molecule has 1 saturated carbocycles. The molecule has 1 aliphatic rings. The SMILES string of the molecule is CN=C(NCC(c1c(F)cccc1F)N(C)C)N(C)CCOCC1CC1.I. The van der Waals surface area contributed by atoms with Crippen LogP contribution >= 0.6 is 24.0 Å². The molecule has 1 aliphatic carbocycles.